The third-order valence-electron chi connectivity index (χ3n) is 7.04. The highest BCUT2D eigenvalue weighted by molar-refractivity contribution is 6.00. The van der Waals surface area contributed by atoms with Gasteiger partial charge in [-0.15, -0.1) is 0 Å². The van der Waals surface area contributed by atoms with Gasteiger partial charge in [-0.25, -0.2) is 9.78 Å². The summed E-state index contributed by atoms with van der Waals surface area (Å²) in [5, 5.41) is 3.12. The van der Waals surface area contributed by atoms with E-state index in [2.05, 4.69) is 17.4 Å². The summed E-state index contributed by atoms with van der Waals surface area (Å²) < 4.78 is 11.4. The van der Waals surface area contributed by atoms with E-state index >= 15 is 0 Å². The van der Waals surface area contributed by atoms with Crippen molar-refractivity contribution in [3.05, 3.63) is 66.2 Å². The van der Waals surface area contributed by atoms with Gasteiger partial charge in [-0.2, -0.15) is 0 Å². The van der Waals surface area contributed by atoms with E-state index in [-0.39, 0.29) is 5.91 Å². The zero-order chi connectivity index (χ0) is 26.4. The second-order valence-electron chi connectivity index (χ2n) is 10.9. The summed E-state index contributed by atoms with van der Waals surface area (Å²) in [5.74, 6) is 0.337. The standard InChI is InChI=1S/C30H33N3O4/c1-19-27(34)33(5)24-18-23(20-10-7-6-8-11-20)25(31-26(24)36-19)21-12-14-22(15-13-21)30(16-9-17-30)32-28(35)37-29(2,3)4/h6-8,10-15,18-19H,9,16-17H2,1-5H3,(H,32,35)/t19-/m1/s1. The number of hydrogen-bond donors (Lipinski definition) is 1. The van der Waals surface area contributed by atoms with Crippen LogP contribution in [0.5, 0.6) is 5.88 Å². The average molecular weight is 500 g/mol. The molecule has 3 aromatic rings. The SMILES string of the molecule is C[C@H]1Oc2nc(-c3ccc(C4(NC(=O)OC(C)(C)C)CCC4)cc3)c(-c3ccccc3)cc2N(C)C1=O. The maximum atomic E-state index is 12.6. The average Bonchev–Trinajstić information content (AvgIpc) is 2.84. The van der Waals surface area contributed by atoms with Crippen molar-refractivity contribution in [2.24, 2.45) is 0 Å². The topological polar surface area (TPSA) is 80.8 Å². The number of nitrogens with one attached hydrogen (secondary N) is 1. The van der Waals surface area contributed by atoms with Crippen molar-refractivity contribution in [2.75, 3.05) is 11.9 Å². The Hall–Kier alpha value is -3.87. The number of likely N-dealkylation sites (N-methyl/N-ethyl adjacent to an activating group) is 1. The van der Waals surface area contributed by atoms with Crippen molar-refractivity contribution in [1.29, 1.82) is 0 Å². The van der Waals surface area contributed by atoms with Gasteiger partial charge in [0.15, 0.2) is 6.10 Å². The molecule has 1 atom stereocenters. The first-order valence-electron chi connectivity index (χ1n) is 12.7. The number of nitrogens with zero attached hydrogens (tertiary/aromatic N) is 2. The number of benzene rings is 2. The molecule has 1 N–H and O–H groups in total. The molecule has 7 nitrogen and oxygen atoms in total. The molecule has 2 aliphatic rings. The third-order valence-corrected chi connectivity index (χ3v) is 7.04. The zero-order valence-corrected chi connectivity index (χ0v) is 22.0. The smallest absolute Gasteiger partial charge is 0.408 e. The van der Waals surface area contributed by atoms with E-state index in [1.807, 2.05) is 69.3 Å². The lowest BCUT2D eigenvalue weighted by Gasteiger charge is -2.43. The first-order valence-corrected chi connectivity index (χ1v) is 12.7. The molecule has 7 heteroatoms. The maximum absolute atomic E-state index is 12.6. The molecule has 2 heterocycles. The molecule has 2 aromatic carbocycles. The van der Waals surface area contributed by atoms with Crippen LogP contribution in [-0.2, 0) is 15.1 Å². The molecule has 0 unspecified atom stereocenters. The van der Waals surface area contributed by atoms with E-state index in [0.717, 1.165) is 47.2 Å². The van der Waals surface area contributed by atoms with E-state index in [1.165, 1.54) is 0 Å². The molecule has 1 aliphatic heterocycles. The lowest BCUT2D eigenvalue weighted by Crippen LogP contribution is -2.52. The molecule has 1 fully saturated rings. The summed E-state index contributed by atoms with van der Waals surface area (Å²) in [6, 6.07) is 20.2. The minimum atomic E-state index is -0.597. The fourth-order valence-corrected chi connectivity index (χ4v) is 4.94. The fourth-order valence-electron chi connectivity index (χ4n) is 4.94. The van der Waals surface area contributed by atoms with Gasteiger partial charge in [-0.3, -0.25) is 4.79 Å². The predicted octanol–water partition coefficient (Wildman–Crippen LogP) is 6.06. The van der Waals surface area contributed by atoms with Gasteiger partial charge in [-0.1, -0.05) is 54.6 Å². The number of carbonyl (C=O) groups excluding carboxylic acids is 2. The summed E-state index contributed by atoms with van der Waals surface area (Å²) >= 11 is 0. The zero-order valence-electron chi connectivity index (χ0n) is 22.0. The van der Waals surface area contributed by atoms with Gasteiger partial charge >= 0.3 is 6.09 Å². The first-order chi connectivity index (χ1) is 17.6. The Labute approximate surface area is 217 Å². The number of amides is 2. The van der Waals surface area contributed by atoms with Crippen LogP contribution in [0, 0.1) is 0 Å². The van der Waals surface area contributed by atoms with Crippen LogP contribution in [0.15, 0.2) is 60.7 Å². The van der Waals surface area contributed by atoms with Crippen LogP contribution in [0.4, 0.5) is 10.5 Å². The van der Waals surface area contributed by atoms with Crippen LogP contribution >= 0.6 is 0 Å². The highest BCUT2D eigenvalue weighted by atomic mass is 16.6. The molecule has 1 aromatic heterocycles. The van der Waals surface area contributed by atoms with Crippen LogP contribution in [0.1, 0.15) is 52.5 Å². The number of alkyl carbamates (subject to hydrolysis) is 1. The summed E-state index contributed by atoms with van der Waals surface area (Å²) in [6.07, 6.45) is 1.78. The Kier molecular flexibility index (Phi) is 6.18. The Morgan fingerprint density at radius 1 is 1.08 bits per heavy atom. The number of fused-ring (bicyclic) bond motifs is 1. The van der Waals surface area contributed by atoms with Gasteiger partial charge < -0.3 is 19.7 Å². The minimum Gasteiger partial charge on any atom is -0.463 e. The van der Waals surface area contributed by atoms with Crippen LogP contribution in [0.2, 0.25) is 0 Å². The number of ether oxygens (including phenoxy) is 2. The Morgan fingerprint density at radius 3 is 2.35 bits per heavy atom. The van der Waals surface area contributed by atoms with Crippen molar-refractivity contribution in [2.45, 2.75) is 64.2 Å². The summed E-state index contributed by atoms with van der Waals surface area (Å²) in [6.45, 7) is 7.33. The van der Waals surface area contributed by atoms with Gasteiger partial charge in [-0.05, 0) is 64.2 Å². The second kappa shape index (κ2) is 9.21. The number of anilines is 1. The van der Waals surface area contributed by atoms with E-state index in [4.69, 9.17) is 14.5 Å². The monoisotopic (exact) mass is 499 g/mol. The van der Waals surface area contributed by atoms with Crippen molar-refractivity contribution < 1.29 is 19.1 Å². The van der Waals surface area contributed by atoms with E-state index in [1.54, 1.807) is 18.9 Å². The van der Waals surface area contributed by atoms with Crippen LogP contribution in [-0.4, -0.2) is 35.7 Å². The molecule has 5 rings (SSSR count). The molecule has 0 saturated heterocycles. The Bertz CT molecular complexity index is 1330. The highest BCUT2D eigenvalue weighted by Crippen LogP contribution is 2.44. The maximum Gasteiger partial charge on any atom is 0.408 e. The number of rotatable bonds is 4. The van der Waals surface area contributed by atoms with Gasteiger partial charge in [0.05, 0.1) is 11.2 Å². The normalized spacial score (nSPS) is 18.4. The van der Waals surface area contributed by atoms with Gasteiger partial charge in [0, 0.05) is 18.2 Å². The number of aromatic nitrogens is 1. The van der Waals surface area contributed by atoms with Gasteiger partial charge in [0.25, 0.3) is 5.91 Å². The first kappa shape index (κ1) is 24.8. The molecule has 192 valence electrons. The van der Waals surface area contributed by atoms with E-state index in [9.17, 15) is 9.59 Å². The highest BCUT2D eigenvalue weighted by Gasteiger charge is 2.41. The van der Waals surface area contributed by atoms with Crippen molar-refractivity contribution in [3.8, 4) is 28.3 Å². The molecule has 0 bridgehead atoms. The van der Waals surface area contributed by atoms with Crippen molar-refractivity contribution in [1.82, 2.24) is 10.3 Å². The Morgan fingerprint density at radius 2 is 1.76 bits per heavy atom. The summed E-state index contributed by atoms with van der Waals surface area (Å²) in [4.78, 5) is 31.6. The molecule has 0 radical (unpaired) electrons. The molecule has 2 amide bonds. The van der Waals surface area contributed by atoms with Crippen molar-refractivity contribution in [3.63, 3.8) is 0 Å². The van der Waals surface area contributed by atoms with E-state index < -0.39 is 23.3 Å². The largest absolute Gasteiger partial charge is 0.463 e. The van der Waals surface area contributed by atoms with Crippen LogP contribution < -0.4 is 15.0 Å². The van der Waals surface area contributed by atoms with Crippen LogP contribution in [0.3, 0.4) is 0 Å². The van der Waals surface area contributed by atoms with Crippen LogP contribution in [0.25, 0.3) is 22.4 Å². The van der Waals surface area contributed by atoms with Gasteiger partial charge in [0.2, 0.25) is 5.88 Å². The molecule has 37 heavy (non-hydrogen) atoms. The third kappa shape index (κ3) is 4.78. The van der Waals surface area contributed by atoms with E-state index in [0.29, 0.717) is 11.6 Å². The molecular formula is C30H33N3O4. The lowest BCUT2D eigenvalue weighted by molar-refractivity contribution is -0.125. The molecule has 0 spiro atoms. The van der Waals surface area contributed by atoms with Crippen molar-refractivity contribution >= 4 is 17.7 Å². The summed E-state index contributed by atoms with van der Waals surface area (Å²) in [5.41, 5.74) is 4.33. The number of pyridine rings is 1. The quantitative estimate of drug-likeness (QED) is 0.472. The fraction of sp³-hybridized carbons (Fsp3) is 0.367. The predicted molar refractivity (Wildman–Crippen MR) is 144 cm³/mol. The number of carbonyl (C=O) groups is 2. The molecular weight excluding hydrogens is 466 g/mol. The second-order valence-corrected chi connectivity index (χ2v) is 10.9. The number of hydrogen-bond acceptors (Lipinski definition) is 5. The minimum absolute atomic E-state index is 0.103. The molecule has 1 aliphatic carbocycles. The molecule has 1 saturated carbocycles. The van der Waals surface area contributed by atoms with Gasteiger partial charge in [0.1, 0.15) is 11.3 Å². The summed E-state index contributed by atoms with van der Waals surface area (Å²) in [7, 11) is 1.75. The Balaban J connectivity index is 1.52. The lowest BCUT2D eigenvalue weighted by atomic mass is 9.71.